The summed E-state index contributed by atoms with van der Waals surface area (Å²) in [7, 11) is 0. The van der Waals surface area contributed by atoms with E-state index in [1.165, 1.54) is 5.56 Å². The Morgan fingerprint density at radius 3 is 2.48 bits per heavy atom. The van der Waals surface area contributed by atoms with Crippen LogP contribution in [0.2, 0.25) is 0 Å². The lowest BCUT2D eigenvalue weighted by atomic mass is 10.1. The van der Waals surface area contributed by atoms with E-state index in [0.29, 0.717) is 6.54 Å². The Kier molecular flexibility index (Phi) is 6.09. The number of para-hydroxylation sites is 1. The molecule has 21 heavy (non-hydrogen) atoms. The molecule has 2 rings (SSSR count). The molecule has 2 aromatic carbocycles. The number of nitrogens with one attached hydrogen (secondary N) is 2. The molecule has 2 N–H and O–H groups in total. The van der Waals surface area contributed by atoms with Crippen molar-refractivity contribution >= 4 is 22.0 Å². The zero-order chi connectivity index (χ0) is 14.9. The molecule has 0 aliphatic carbocycles. The highest BCUT2D eigenvalue weighted by Crippen LogP contribution is 2.15. The fraction of sp³-hybridized carbons (Fsp3) is 0.188. The van der Waals surface area contributed by atoms with Crippen molar-refractivity contribution in [3.63, 3.8) is 0 Å². The third kappa shape index (κ3) is 5.47. The number of rotatable bonds is 6. The second-order valence-corrected chi connectivity index (χ2v) is 5.23. The summed E-state index contributed by atoms with van der Waals surface area (Å²) >= 11 is 3.48. The fourth-order valence-electron chi connectivity index (χ4n) is 1.78. The summed E-state index contributed by atoms with van der Waals surface area (Å²) in [5.41, 5.74) is 1.17. The Morgan fingerprint density at radius 1 is 1.00 bits per heavy atom. The minimum atomic E-state index is -0.238. The van der Waals surface area contributed by atoms with E-state index < -0.39 is 0 Å². The van der Waals surface area contributed by atoms with Gasteiger partial charge in [-0.1, -0.05) is 52.3 Å². The first kappa shape index (κ1) is 15.4. The molecule has 2 amide bonds. The Bertz CT molecular complexity index is 575. The fourth-order valence-corrected chi connectivity index (χ4v) is 2.26. The minimum Gasteiger partial charge on any atom is -0.473 e. The standard InChI is InChI=1S/C16H17BrN2O2/c17-15-9-5-4-6-13(15)10-11-18-16(20)19-12-21-14-7-2-1-3-8-14/h1-9H,10-12H2,(H2,18,19,20). The zero-order valence-corrected chi connectivity index (χ0v) is 13.1. The molecule has 0 aromatic heterocycles. The van der Waals surface area contributed by atoms with Crippen LogP contribution in [0.4, 0.5) is 4.79 Å². The van der Waals surface area contributed by atoms with Gasteiger partial charge in [0.2, 0.25) is 0 Å². The van der Waals surface area contributed by atoms with Crippen LogP contribution in [-0.4, -0.2) is 19.3 Å². The Balaban J connectivity index is 1.63. The molecular weight excluding hydrogens is 332 g/mol. The maximum Gasteiger partial charge on any atom is 0.317 e. The normalized spacial score (nSPS) is 9.95. The lowest BCUT2D eigenvalue weighted by Crippen LogP contribution is -2.38. The molecule has 0 saturated heterocycles. The summed E-state index contributed by atoms with van der Waals surface area (Å²) in [5.74, 6) is 0.728. The maximum absolute atomic E-state index is 11.6. The first-order valence-electron chi connectivity index (χ1n) is 6.68. The van der Waals surface area contributed by atoms with Crippen molar-refractivity contribution in [3.05, 3.63) is 64.6 Å². The van der Waals surface area contributed by atoms with Gasteiger partial charge in [0.15, 0.2) is 6.73 Å². The molecule has 0 spiro atoms. The van der Waals surface area contributed by atoms with Gasteiger partial charge < -0.3 is 15.4 Å². The highest BCUT2D eigenvalue weighted by atomic mass is 79.9. The summed E-state index contributed by atoms with van der Waals surface area (Å²) in [6.07, 6.45) is 0.772. The minimum absolute atomic E-state index is 0.144. The number of carbonyl (C=O) groups is 1. The summed E-state index contributed by atoms with van der Waals surface area (Å²) in [6, 6.07) is 17.1. The molecule has 0 radical (unpaired) electrons. The van der Waals surface area contributed by atoms with E-state index in [-0.39, 0.29) is 12.8 Å². The van der Waals surface area contributed by atoms with Gasteiger partial charge in [-0.15, -0.1) is 0 Å². The Labute approximate surface area is 132 Å². The van der Waals surface area contributed by atoms with Crippen molar-refractivity contribution in [1.29, 1.82) is 0 Å². The molecular formula is C16H17BrN2O2. The van der Waals surface area contributed by atoms with Gasteiger partial charge in [0.25, 0.3) is 0 Å². The van der Waals surface area contributed by atoms with Gasteiger partial charge in [0.1, 0.15) is 5.75 Å². The van der Waals surface area contributed by atoms with Crippen LogP contribution in [0.3, 0.4) is 0 Å². The largest absolute Gasteiger partial charge is 0.473 e. The Morgan fingerprint density at radius 2 is 1.71 bits per heavy atom. The lowest BCUT2D eigenvalue weighted by Gasteiger charge is -2.09. The van der Waals surface area contributed by atoms with E-state index in [1.54, 1.807) is 0 Å². The third-order valence-corrected chi connectivity index (χ3v) is 3.63. The van der Waals surface area contributed by atoms with Gasteiger partial charge in [0, 0.05) is 11.0 Å². The number of halogens is 1. The smallest absolute Gasteiger partial charge is 0.317 e. The number of hydrogen-bond acceptors (Lipinski definition) is 2. The van der Waals surface area contributed by atoms with Crippen molar-refractivity contribution in [1.82, 2.24) is 10.6 Å². The molecule has 0 unspecified atom stereocenters. The van der Waals surface area contributed by atoms with Gasteiger partial charge in [-0.2, -0.15) is 0 Å². The Hall–Kier alpha value is -2.01. The van der Waals surface area contributed by atoms with E-state index in [1.807, 2.05) is 54.6 Å². The molecule has 0 atom stereocenters. The van der Waals surface area contributed by atoms with Gasteiger partial charge in [-0.05, 0) is 30.2 Å². The van der Waals surface area contributed by atoms with Crippen LogP contribution in [0, 0.1) is 0 Å². The summed E-state index contributed by atoms with van der Waals surface area (Å²) in [5, 5.41) is 5.44. The third-order valence-electron chi connectivity index (χ3n) is 2.85. The first-order chi connectivity index (χ1) is 10.3. The quantitative estimate of drug-likeness (QED) is 0.786. The van der Waals surface area contributed by atoms with E-state index in [9.17, 15) is 4.79 Å². The molecule has 0 saturated carbocycles. The van der Waals surface area contributed by atoms with Crippen LogP contribution >= 0.6 is 15.9 Å². The highest BCUT2D eigenvalue weighted by Gasteiger charge is 2.01. The SMILES string of the molecule is O=C(NCCc1ccccc1Br)NCOc1ccccc1. The topological polar surface area (TPSA) is 50.4 Å². The molecule has 0 aliphatic heterocycles. The number of ether oxygens (including phenoxy) is 1. The van der Waals surface area contributed by atoms with E-state index >= 15 is 0 Å². The molecule has 5 heteroatoms. The van der Waals surface area contributed by atoms with Crippen LogP contribution in [0.25, 0.3) is 0 Å². The van der Waals surface area contributed by atoms with Gasteiger partial charge in [-0.25, -0.2) is 4.79 Å². The van der Waals surface area contributed by atoms with Gasteiger partial charge in [-0.3, -0.25) is 0 Å². The lowest BCUT2D eigenvalue weighted by molar-refractivity contribution is 0.224. The average molecular weight is 349 g/mol. The molecule has 0 fully saturated rings. The molecule has 4 nitrogen and oxygen atoms in total. The van der Waals surface area contributed by atoms with E-state index in [2.05, 4.69) is 26.6 Å². The van der Waals surface area contributed by atoms with Gasteiger partial charge >= 0.3 is 6.03 Å². The molecule has 0 heterocycles. The molecule has 2 aromatic rings. The van der Waals surface area contributed by atoms with Crippen molar-refractivity contribution < 1.29 is 9.53 Å². The summed E-state index contributed by atoms with van der Waals surface area (Å²) < 4.78 is 6.44. The van der Waals surface area contributed by atoms with Crippen molar-refractivity contribution in [3.8, 4) is 5.75 Å². The van der Waals surface area contributed by atoms with Gasteiger partial charge in [0.05, 0.1) is 0 Å². The monoisotopic (exact) mass is 348 g/mol. The van der Waals surface area contributed by atoms with Crippen molar-refractivity contribution in [2.45, 2.75) is 6.42 Å². The number of urea groups is 1. The predicted octanol–water partition coefficient (Wildman–Crippen LogP) is 3.33. The maximum atomic E-state index is 11.6. The van der Waals surface area contributed by atoms with Crippen LogP contribution in [0.1, 0.15) is 5.56 Å². The van der Waals surface area contributed by atoms with Crippen LogP contribution in [0.15, 0.2) is 59.1 Å². The predicted molar refractivity (Wildman–Crippen MR) is 86.3 cm³/mol. The highest BCUT2D eigenvalue weighted by molar-refractivity contribution is 9.10. The van der Waals surface area contributed by atoms with Crippen molar-refractivity contribution in [2.75, 3.05) is 13.3 Å². The number of amides is 2. The molecule has 110 valence electrons. The summed E-state index contributed by atoms with van der Waals surface area (Å²) in [6.45, 7) is 0.713. The average Bonchev–Trinajstić information content (AvgIpc) is 2.50. The number of benzene rings is 2. The summed E-state index contributed by atoms with van der Waals surface area (Å²) in [4.78, 5) is 11.6. The van der Waals surface area contributed by atoms with Crippen LogP contribution in [0.5, 0.6) is 5.75 Å². The zero-order valence-electron chi connectivity index (χ0n) is 11.5. The van der Waals surface area contributed by atoms with E-state index in [4.69, 9.17) is 4.74 Å². The van der Waals surface area contributed by atoms with Crippen LogP contribution < -0.4 is 15.4 Å². The van der Waals surface area contributed by atoms with Crippen molar-refractivity contribution in [2.24, 2.45) is 0 Å². The second kappa shape index (κ2) is 8.32. The second-order valence-electron chi connectivity index (χ2n) is 4.38. The number of hydrogen-bond donors (Lipinski definition) is 2. The molecule has 0 bridgehead atoms. The van der Waals surface area contributed by atoms with Crippen LogP contribution in [-0.2, 0) is 6.42 Å². The molecule has 0 aliphatic rings. The first-order valence-corrected chi connectivity index (χ1v) is 7.48. The number of carbonyl (C=O) groups excluding carboxylic acids is 1. The van der Waals surface area contributed by atoms with E-state index in [0.717, 1.165) is 16.6 Å².